The topological polar surface area (TPSA) is 98.1 Å². The Kier molecular flexibility index (Phi) is 8.16. The minimum atomic E-state index is -4.43. The van der Waals surface area contributed by atoms with Crippen molar-refractivity contribution in [2.24, 2.45) is 0 Å². The molecule has 0 aliphatic carbocycles. The maximum atomic E-state index is 12.9. The molecule has 0 radical (unpaired) electrons. The summed E-state index contributed by atoms with van der Waals surface area (Å²) < 4.78 is 45.2. The predicted molar refractivity (Wildman–Crippen MR) is 122 cm³/mol. The van der Waals surface area contributed by atoms with Crippen LogP contribution in [0.3, 0.4) is 0 Å². The molecular weight excluding hydrogens is 471 g/mol. The molecule has 180 valence electrons. The quantitative estimate of drug-likeness (QED) is 0.336. The van der Waals surface area contributed by atoms with Crippen molar-refractivity contribution in [2.45, 2.75) is 31.3 Å². The van der Waals surface area contributed by atoms with Crippen LogP contribution in [-0.4, -0.2) is 39.5 Å². The largest absolute Gasteiger partial charge is 0.465 e. The van der Waals surface area contributed by atoms with E-state index < -0.39 is 17.7 Å². The molecule has 0 atom stereocenters. The van der Waals surface area contributed by atoms with Crippen molar-refractivity contribution in [3.05, 3.63) is 65.5 Å². The van der Waals surface area contributed by atoms with E-state index in [1.165, 1.54) is 19.2 Å². The number of para-hydroxylation sites is 1. The molecule has 1 amide bonds. The lowest BCUT2D eigenvalue weighted by molar-refractivity contribution is -0.137. The first-order chi connectivity index (χ1) is 16.2. The molecule has 12 heteroatoms. The number of benzene rings is 2. The molecule has 34 heavy (non-hydrogen) atoms. The number of amides is 1. The summed E-state index contributed by atoms with van der Waals surface area (Å²) in [6.45, 7) is 2.52. The van der Waals surface area contributed by atoms with E-state index in [-0.39, 0.29) is 23.8 Å². The van der Waals surface area contributed by atoms with Crippen LogP contribution < -0.4 is 10.6 Å². The Labute approximate surface area is 197 Å². The monoisotopic (exact) mass is 493 g/mol. The maximum absolute atomic E-state index is 12.9. The number of nitrogens with one attached hydrogen (secondary N) is 2. The lowest BCUT2D eigenvalue weighted by Crippen LogP contribution is -2.17. The SMILES string of the molecule is CCn1c(CNc2cccc(C(F)(F)F)c2)nnc1SCC(=O)Nc1ccccc1C(=O)OC. The van der Waals surface area contributed by atoms with Gasteiger partial charge in [-0.3, -0.25) is 4.79 Å². The first-order valence-electron chi connectivity index (χ1n) is 10.2. The summed E-state index contributed by atoms with van der Waals surface area (Å²) in [6.07, 6.45) is -4.43. The van der Waals surface area contributed by atoms with Gasteiger partial charge in [-0.05, 0) is 37.3 Å². The predicted octanol–water partition coefficient (Wildman–Crippen LogP) is 4.45. The van der Waals surface area contributed by atoms with E-state index in [1.54, 1.807) is 28.8 Å². The first kappa shape index (κ1) is 25.1. The van der Waals surface area contributed by atoms with Gasteiger partial charge in [0.15, 0.2) is 11.0 Å². The van der Waals surface area contributed by atoms with Crippen molar-refractivity contribution < 1.29 is 27.5 Å². The zero-order valence-corrected chi connectivity index (χ0v) is 19.2. The van der Waals surface area contributed by atoms with Crippen molar-refractivity contribution in [3.63, 3.8) is 0 Å². The van der Waals surface area contributed by atoms with Gasteiger partial charge in [0.2, 0.25) is 5.91 Å². The van der Waals surface area contributed by atoms with Gasteiger partial charge in [-0.1, -0.05) is 30.0 Å². The van der Waals surface area contributed by atoms with E-state index in [0.29, 0.717) is 28.9 Å². The van der Waals surface area contributed by atoms with Gasteiger partial charge in [-0.15, -0.1) is 10.2 Å². The Morgan fingerprint density at radius 2 is 1.88 bits per heavy atom. The molecule has 8 nitrogen and oxygen atoms in total. The van der Waals surface area contributed by atoms with Gasteiger partial charge in [0, 0.05) is 12.2 Å². The van der Waals surface area contributed by atoms with Crippen LogP contribution in [0.2, 0.25) is 0 Å². The Balaban J connectivity index is 1.62. The Hall–Kier alpha value is -3.54. The average Bonchev–Trinajstić information content (AvgIpc) is 3.22. The molecule has 1 heterocycles. The fourth-order valence-corrected chi connectivity index (χ4v) is 3.88. The second kappa shape index (κ2) is 11.1. The lowest BCUT2D eigenvalue weighted by Gasteiger charge is -2.12. The third-order valence-corrected chi connectivity index (χ3v) is 5.66. The molecule has 0 fully saturated rings. The van der Waals surface area contributed by atoms with Crippen LogP contribution in [0, 0.1) is 0 Å². The third kappa shape index (κ3) is 6.28. The number of carbonyl (C=O) groups excluding carboxylic acids is 2. The highest BCUT2D eigenvalue weighted by molar-refractivity contribution is 7.99. The molecule has 0 unspecified atom stereocenters. The second-order valence-electron chi connectivity index (χ2n) is 6.95. The minimum absolute atomic E-state index is 0.00863. The van der Waals surface area contributed by atoms with Gasteiger partial charge in [-0.25, -0.2) is 4.79 Å². The van der Waals surface area contributed by atoms with Crippen LogP contribution >= 0.6 is 11.8 Å². The molecule has 1 aromatic heterocycles. The highest BCUT2D eigenvalue weighted by Crippen LogP contribution is 2.30. The molecule has 3 rings (SSSR count). The molecule has 0 bridgehead atoms. The van der Waals surface area contributed by atoms with Gasteiger partial charge in [0.1, 0.15) is 0 Å². The van der Waals surface area contributed by atoms with Crippen molar-refractivity contribution in [3.8, 4) is 0 Å². The number of carbonyl (C=O) groups is 2. The van der Waals surface area contributed by atoms with Gasteiger partial charge in [0.05, 0.1) is 36.2 Å². The number of alkyl halides is 3. The molecule has 0 aliphatic rings. The summed E-state index contributed by atoms with van der Waals surface area (Å²) in [6, 6.07) is 11.4. The normalized spacial score (nSPS) is 11.2. The van der Waals surface area contributed by atoms with Gasteiger partial charge in [0.25, 0.3) is 0 Å². The number of methoxy groups -OCH3 is 1. The van der Waals surface area contributed by atoms with E-state index in [1.807, 2.05) is 6.92 Å². The summed E-state index contributed by atoms with van der Waals surface area (Å²) in [5.41, 5.74) is 0.134. The van der Waals surface area contributed by atoms with Crippen LogP contribution in [0.4, 0.5) is 24.5 Å². The Morgan fingerprint density at radius 3 is 2.59 bits per heavy atom. The molecule has 3 aromatic rings. The smallest absolute Gasteiger partial charge is 0.416 e. The van der Waals surface area contributed by atoms with E-state index in [9.17, 15) is 22.8 Å². The second-order valence-corrected chi connectivity index (χ2v) is 7.89. The van der Waals surface area contributed by atoms with Crippen molar-refractivity contribution >= 4 is 35.0 Å². The number of thioether (sulfide) groups is 1. The number of nitrogens with zero attached hydrogens (tertiary/aromatic N) is 3. The fraction of sp³-hybridized carbons (Fsp3) is 0.273. The number of ether oxygens (including phenoxy) is 1. The third-order valence-electron chi connectivity index (χ3n) is 4.69. The van der Waals surface area contributed by atoms with Crippen LogP contribution in [0.15, 0.2) is 53.7 Å². The molecule has 0 spiro atoms. The summed E-state index contributed by atoms with van der Waals surface area (Å²) in [4.78, 5) is 24.3. The van der Waals surface area contributed by atoms with Crippen molar-refractivity contribution in [2.75, 3.05) is 23.5 Å². The number of esters is 1. The fourth-order valence-electron chi connectivity index (χ4n) is 3.06. The zero-order chi connectivity index (χ0) is 24.7. The van der Waals surface area contributed by atoms with Gasteiger partial charge < -0.3 is 19.9 Å². The molecule has 2 aromatic carbocycles. The van der Waals surface area contributed by atoms with Crippen molar-refractivity contribution in [1.29, 1.82) is 0 Å². The first-order valence-corrected chi connectivity index (χ1v) is 11.1. The number of halogens is 3. The number of anilines is 2. The molecule has 0 saturated carbocycles. The number of hydrogen-bond donors (Lipinski definition) is 2. The summed E-state index contributed by atoms with van der Waals surface area (Å²) in [5.74, 6) is -0.393. The van der Waals surface area contributed by atoms with E-state index in [4.69, 9.17) is 4.74 Å². The Morgan fingerprint density at radius 1 is 1.12 bits per heavy atom. The van der Waals surface area contributed by atoms with Gasteiger partial charge >= 0.3 is 12.1 Å². The molecule has 2 N–H and O–H groups in total. The highest BCUT2D eigenvalue weighted by atomic mass is 32.2. The van der Waals surface area contributed by atoms with Gasteiger partial charge in [-0.2, -0.15) is 13.2 Å². The summed E-state index contributed by atoms with van der Waals surface area (Å²) in [7, 11) is 1.26. The molecule has 0 aliphatic heterocycles. The summed E-state index contributed by atoms with van der Waals surface area (Å²) >= 11 is 1.15. The molecular formula is C22H22F3N5O3S. The van der Waals surface area contributed by atoms with E-state index in [0.717, 1.165) is 23.9 Å². The summed E-state index contributed by atoms with van der Waals surface area (Å²) in [5, 5.41) is 14.3. The highest BCUT2D eigenvalue weighted by Gasteiger charge is 2.30. The standard InChI is InChI=1S/C22H22F3N5O3S/c1-3-30-18(12-26-15-8-6-7-14(11-15)22(23,24)25)28-29-21(30)34-13-19(31)27-17-10-5-4-9-16(17)20(32)33-2/h4-11,26H,3,12-13H2,1-2H3,(H,27,31). The van der Waals surface area contributed by atoms with Crippen LogP contribution in [0.1, 0.15) is 28.7 Å². The lowest BCUT2D eigenvalue weighted by atomic mass is 10.2. The molecule has 0 saturated heterocycles. The number of hydrogen-bond acceptors (Lipinski definition) is 7. The Bertz CT molecular complexity index is 1170. The van der Waals surface area contributed by atoms with E-state index in [2.05, 4.69) is 20.8 Å². The average molecular weight is 494 g/mol. The zero-order valence-electron chi connectivity index (χ0n) is 18.3. The number of rotatable bonds is 9. The van der Waals surface area contributed by atoms with E-state index >= 15 is 0 Å². The van der Waals surface area contributed by atoms with Crippen LogP contribution in [0.25, 0.3) is 0 Å². The van der Waals surface area contributed by atoms with Crippen LogP contribution in [-0.2, 0) is 28.8 Å². The van der Waals surface area contributed by atoms with Crippen LogP contribution in [0.5, 0.6) is 0 Å². The van der Waals surface area contributed by atoms with Crippen molar-refractivity contribution in [1.82, 2.24) is 14.8 Å². The minimum Gasteiger partial charge on any atom is -0.465 e. The maximum Gasteiger partial charge on any atom is 0.416 e. The number of aromatic nitrogens is 3.